The first-order valence-electron chi connectivity index (χ1n) is 14.4. The second-order valence-electron chi connectivity index (χ2n) is 11.2. The molecule has 0 saturated heterocycles. The summed E-state index contributed by atoms with van der Waals surface area (Å²) >= 11 is 6.24. The first-order valence-corrected chi connectivity index (χ1v) is 16.7. The molecule has 0 spiro atoms. The Labute approximate surface area is 254 Å². The van der Waals surface area contributed by atoms with Crippen LogP contribution in [0.2, 0.25) is 5.02 Å². The number of carbonyl (C=O) groups excluding carboxylic acids is 2. The van der Waals surface area contributed by atoms with E-state index in [1.54, 1.807) is 30.0 Å². The molecule has 0 aliphatic heterocycles. The average Bonchev–Trinajstić information content (AvgIpc) is 2.96. The van der Waals surface area contributed by atoms with Gasteiger partial charge >= 0.3 is 0 Å². The van der Waals surface area contributed by atoms with E-state index in [0.29, 0.717) is 22.7 Å². The molecule has 3 aromatic carbocycles. The molecule has 1 N–H and O–H groups in total. The topological polar surface area (TPSA) is 86.8 Å². The van der Waals surface area contributed by atoms with E-state index < -0.39 is 28.5 Å². The van der Waals surface area contributed by atoms with Crippen LogP contribution in [0.1, 0.15) is 54.4 Å². The third-order valence-corrected chi connectivity index (χ3v) is 9.31. The molecule has 1 fully saturated rings. The highest BCUT2D eigenvalue weighted by Gasteiger charge is 2.34. The second-order valence-corrected chi connectivity index (χ2v) is 13.5. The highest BCUT2D eigenvalue weighted by atomic mass is 35.5. The van der Waals surface area contributed by atoms with Crippen molar-refractivity contribution in [3.8, 4) is 0 Å². The Morgan fingerprint density at radius 1 is 0.929 bits per heavy atom. The van der Waals surface area contributed by atoms with Crippen molar-refractivity contribution < 1.29 is 18.0 Å². The van der Waals surface area contributed by atoms with Gasteiger partial charge in [-0.15, -0.1) is 0 Å². The Morgan fingerprint density at radius 2 is 1.60 bits per heavy atom. The molecule has 1 aliphatic carbocycles. The van der Waals surface area contributed by atoms with Gasteiger partial charge < -0.3 is 10.2 Å². The lowest BCUT2D eigenvalue weighted by Crippen LogP contribution is -2.55. The molecule has 1 atom stereocenters. The van der Waals surface area contributed by atoms with Crippen LogP contribution in [0.5, 0.6) is 0 Å². The van der Waals surface area contributed by atoms with Gasteiger partial charge in [-0.1, -0.05) is 91.5 Å². The summed E-state index contributed by atoms with van der Waals surface area (Å²) < 4.78 is 27.2. The molecule has 0 aromatic heterocycles. The first-order chi connectivity index (χ1) is 20.0. The van der Waals surface area contributed by atoms with E-state index in [1.165, 1.54) is 0 Å². The summed E-state index contributed by atoms with van der Waals surface area (Å²) in [6.07, 6.45) is 6.46. The Balaban J connectivity index is 1.75. The maximum absolute atomic E-state index is 14.3. The Hall–Kier alpha value is -3.36. The van der Waals surface area contributed by atoms with Gasteiger partial charge in [0.2, 0.25) is 21.8 Å². The molecule has 0 radical (unpaired) electrons. The smallest absolute Gasteiger partial charge is 0.244 e. The normalized spacial score (nSPS) is 14.7. The fraction of sp³-hybridized carbons (Fsp3) is 0.394. The van der Waals surface area contributed by atoms with Gasteiger partial charge in [-0.2, -0.15) is 0 Å². The fourth-order valence-electron chi connectivity index (χ4n) is 5.52. The van der Waals surface area contributed by atoms with E-state index >= 15 is 0 Å². The molecule has 3 aromatic rings. The number of carbonyl (C=O) groups is 2. The van der Waals surface area contributed by atoms with Crippen LogP contribution in [-0.4, -0.2) is 50.0 Å². The summed E-state index contributed by atoms with van der Waals surface area (Å²) in [6, 6.07) is 21.5. The van der Waals surface area contributed by atoms with Crippen LogP contribution in [-0.2, 0) is 32.6 Å². The van der Waals surface area contributed by atoms with Crippen molar-refractivity contribution in [2.24, 2.45) is 0 Å². The van der Waals surface area contributed by atoms with Crippen molar-refractivity contribution in [1.82, 2.24) is 10.2 Å². The molecule has 0 unspecified atom stereocenters. The summed E-state index contributed by atoms with van der Waals surface area (Å²) in [7, 11) is -3.87. The number of nitrogens with zero attached hydrogens (tertiary/aromatic N) is 2. The number of sulfonamides is 1. The van der Waals surface area contributed by atoms with Crippen LogP contribution >= 0.6 is 11.6 Å². The third-order valence-electron chi connectivity index (χ3n) is 7.94. The Bertz CT molecular complexity index is 1490. The predicted molar refractivity (Wildman–Crippen MR) is 169 cm³/mol. The lowest BCUT2D eigenvalue weighted by Gasteiger charge is -2.35. The zero-order chi connectivity index (χ0) is 30.3. The van der Waals surface area contributed by atoms with Crippen LogP contribution in [0.25, 0.3) is 0 Å². The van der Waals surface area contributed by atoms with E-state index in [2.05, 4.69) is 5.32 Å². The average molecular weight is 610 g/mol. The Morgan fingerprint density at radius 3 is 2.26 bits per heavy atom. The van der Waals surface area contributed by atoms with Crippen molar-refractivity contribution in [3.63, 3.8) is 0 Å². The zero-order valence-electron chi connectivity index (χ0n) is 24.6. The highest BCUT2D eigenvalue weighted by molar-refractivity contribution is 7.92. The monoisotopic (exact) mass is 609 g/mol. The molecule has 9 heteroatoms. The zero-order valence-corrected chi connectivity index (χ0v) is 26.1. The third kappa shape index (κ3) is 8.35. The van der Waals surface area contributed by atoms with Crippen LogP contribution in [0, 0.1) is 13.8 Å². The van der Waals surface area contributed by atoms with Crippen LogP contribution < -0.4 is 9.62 Å². The van der Waals surface area contributed by atoms with Gasteiger partial charge in [0.05, 0.1) is 11.9 Å². The number of rotatable bonds is 11. The molecule has 224 valence electrons. The van der Waals surface area contributed by atoms with E-state index in [0.717, 1.165) is 59.4 Å². The standard InChI is InChI=1S/C33H40ClN3O4S/c1-24-12-10-11-15-27(24)22-36(32(38)23-37(42(3,40)41)30-21-28(34)19-18-25(30)2)31(20-26-13-6-4-7-14-26)33(39)35-29-16-8-5-9-17-29/h4,6-7,10-15,18-19,21,29,31H,5,8-9,16-17,20,22-23H2,1-3H3,(H,35,39)/t31-/m0/s1. The largest absolute Gasteiger partial charge is 0.352 e. The van der Waals surface area contributed by atoms with Crippen LogP contribution in [0.4, 0.5) is 5.69 Å². The maximum Gasteiger partial charge on any atom is 0.244 e. The minimum atomic E-state index is -3.87. The minimum Gasteiger partial charge on any atom is -0.352 e. The molecule has 7 nitrogen and oxygen atoms in total. The molecule has 4 rings (SSSR count). The summed E-state index contributed by atoms with van der Waals surface area (Å²) in [4.78, 5) is 29.9. The minimum absolute atomic E-state index is 0.0570. The van der Waals surface area contributed by atoms with E-state index in [9.17, 15) is 18.0 Å². The maximum atomic E-state index is 14.3. The van der Waals surface area contributed by atoms with Gasteiger partial charge in [-0.3, -0.25) is 13.9 Å². The number of anilines is 1. The number of hydrogen-bond donors (Lipinski definition) is 1. The molecular formula is C33H40ClN3O4S. The number of hydrogen-bond acceptors (Lipinski definition) is 4. The molecular weight excluding hydrogens is 570 g/mol. The quantitative estimate of drug-likeness (QED) is 0.297. The summed E-state index contributed by atoms with van der Waals surface area (Å²) in [6.45, 7) is 3.43. The van der Waals surface area contributed by atoms with Crippen molar-refractivity contribution >= 4 is 39.1 Å². The summed E-state index contributed by atoms with van der Waals surface area (Å²) in [5.74, 6) is -0.694. The number of amides is 2. The van der Waals surface area contributed by atoms with Crippen molar-refractivity contribution in [3.05, 3.63) is 100 Å². The van der Waals surface area contributed by atoms with Crippen molar-refractivity contribution in [2.45, 2.75) is 71.0 Å². The number of halogens is 1. The van der Waals surface area contributed by atoms with E-state index in [1.807, 2.05) is 61.5 Å². The van der Waals surface area contributed by atoms with Gasteiger partial charge in [0, 0.05) is 24.0 Å². The number of nitrogens with one attached hydrogen (secondary N) is 1. The van der Waals surface area contributed by atoms with Crippen molar-refractivity contribution in [1.29, 1.82) is 0 Å². The molecule has 2 amide bonds. The number of benzene rings is 3. The van der Waals surface area contributed by atoms with Gasteiger partial charge in [0.25, 0.3) is 0 Å². The molecule has 1 aliphatic rings. The first kappa shape index (κ1) is 31.6. The molecule has 42 heavy (non-hydrogen) atoms. The molecule has 0 heterocycles. The SMILES string of the molecule is Cc1ccccc1CN(C(=O)CN(c1cc(Cl)ccc1C)S(C)(=O)=O)[C@@H](Cc1ccccc1)C(=O)NC1CCCCC1. The van der Waals surface area contributed by atoms with E-state index in [4.69, 9.17) is 11.6 Å². The van der Waals surface area contributed by atoms with Gasteiger partial charge in [-0.05, 0) is 61.1 Å². The van der Waals surface area contributed by atoms with Crippen molar-refractivity contribution in [2.75, 3.05) is 17.1 Å². The molecule has 0 bridgehead atoms. The predicted octanol–water partition coefficient (Wildman–Crippen LogP) is 5.81. The van der Waals surface area contributed by atoms with Gasteiger partial charge in [-0.25, -0.2) is 8.42 Å². The fourth-order valence-corrected chi connectivity index (χ4v) is 6.58. The van der Waals surface area contributed by atoms with Crippen LogP contribution in [0.3, 0.4) is 0 Å². The van der Waals surface area contributed by atoms with Gasteiger partial charge in [0.15, 0.2) is 0 Å². The summed E-state index contributed by atoms with van der Waals surface area (Å²) in [5, 5.41) is 3.59. The van der Waals surface area contributed by atoms with E-state index in [-0.39, 0.29) is 18.5 Å². The Kier molecular flexibility index (Phi) is 10.7. The number of aryl methyl sites for hydroxylation is 2. The van der Waals surface area contributed by atoms with Crippen LogP contribution in [0.15, 0.2) is 72.8 Å². The lowest BCUT2D eigenvalue weighted by atomic mass is 9.94. The highest BCUT2D eigenvalue weighted by Crippen LogP contribution is 2.27. The summed E-state index contributed by atoms with van der Waals surface area (Å²) in [5.41, 5.74) is 3.78. The lowest BCUT2D eigenvalue weighted by molar-refractivity contribution is -0.140. The molecule has 1 saturated carbocycles. The van der Waals surface area contributed by atoms with Gasteiger partial charge in [0.1, 0.15) is 12.6 Å². The second kappa shape index (κ2) is 14.2.